The third kappa shape index (κ3) is 2.49. The van der Waals surface area contributed by atoms with Gasteiger partial charge < -0.3 is 14.7 Å². The van der Waals surface area contributed by atoms with Crippen LogP contribution in [0.25, 0.3) is 11.0 Å². The third-order valence-electron chi connectivity index (χ3n) is 2.92. The van der Waals surface area contributed by atoms with E-state index in [1.54, 1.807) is 24.7 Å². The van der Waals surface area contributed by atoms with Crippen molar-refractivity contribution in [3.8, 4) is 0 Å². The molecule has 0 saturated heterocycles. The molecule has 5 heteroatoms. The molecule has 0 saturated carbocycles. The van der Waals surface area contributed by atoms with Crippen LogP contribution in [-0.4, -0.2) is 22.4 Å². The van der Waals surface area contributed by atoms with Crippen molar-refractivity contribution < 1.29 is 9.21 Å². The molecular formula is C14H13N3O2. The fourth-order valence-corrected chi connectivity index (χ4v) is 1.93. The van der Waals surface area contributed by atoms with Gasteiger partial charge in [0.05, 0.1) is 23.6 Å². The number of rotatable bonds is 4. The molecule has 2 heterocycles. The lowest BCUT2D eigenvalue weighted by molar-refractivity contribution is 0.0954. The molecule has 1 amide bonds. The standard InChI is InChI=1S/C14H13N3O2/c18-14(15-6-5-11-2-1-7-19-11)10-3-4-12-13(8-10)17-9-16-12/h1-4,7-9H,5-6H2,(H,15,18)(H,16,17). The number of hydrogen-bond acceptors (Lipinski definition) is 3. The highest BCUT2D eigenvalue weighted by Crippen LogP contribution is 2.11. The zero-order chi connectivity index (χ0) is 13.1. The molecule has 0 unspecified atom stereocenters. The summed E-state index contributed by atoms with van der Waals surface area (Å²) in [5.74, 6) is 0.771. The second-order valence-electron chi connectivity index (χ2n) is 4.22. The number of hydrogen-bond donors (Lipinski definition) is 2. The number of benzene rings is 1. The number of nitrogens with one attached hydrogen (secondary N) is 2. The summed E-state index contributed by atoms with van der Waals surface area (Å²) in [6.45, 7) is 0.549. The molecule has 3 aromatic rings. The number of carbonyl (C=O) groups is 1. The number of aromatic nitrogens is 2. The van der Waals surface area contributed by atoms with Crippen LogP contribution in [0, 0.1) is 0 Å². The second-order valence-corrected chi connectivity index (χ2v) is 4.22. The molecule has 0 aliphatic rings. The summed E-state index contributed by atoms with van der Waals surface area (Å²) in [5, 5.41) is 2.86. The van der Waals surface area contributed by atoms with Crippen molar-refractivity contribution in [3.05, 3.63) is 54.2 Å². The summed E-state index contributed by atoms with van der Waals surface area (Å²) in [5.41, 5.74) is 2.34. The van der Waals surface area contributed by atoms with Gasteiger partial charge in [0.1, 0.15) is 5.76 Å². The van der Waals surface area contributed by atoms with Gasteiger partial charge >= 0.3 is 0 Å². The first-order chi connectivity index (χ1) is 9.33. The number of carbonyl (C=O) groups excluding carboxylic acids is 1. The third-order valence-corrected chi connectivity index (χ3v) is 2.92. The van der Waals surface area contributed by atoms with Gasteiger partial charge in [-0.25, -0.2) is 4.98 Å². The van der Waals surface area contributed by atoms with Crippen LogP contribution in [0.15, 0.2) is 47.3 Å². The van der Waals surface area contributed by atoms with E-state index >= 15 is 0 Å². The Hall–Kier alpha value is -2.56. The van der Waals surface area contributed by atoms with Crippen LogP contribution in [0.2, 0.25) is 0 Å². The summed E-state index contributed by atoms with van der Waals surface area (Å²) < 4.78 is 5.20. The van der Waals surface area contributed by atoms with Crippen LogP contribution in [0.1, 0.15) is 16.1 Å². The van der Waals surface area contributed by atoms with Gasteiger partial charge in [-0.1, -0.05) is 0 Å². The van der Waals surface area contributed by atoms with E-state index in [9.17, 15) is 4.79 Å². The van der Waals surface area contributed by atoms with E-state index in [-0.39, 0.29) is 5.91 Å². The first-order valence-corrected chi connectivity index (χ1v) is 6.06. The second kappa shape index (κ2) is 4.97. The van der Waals surface area contributed by atoms with Crippen molar-refractivity contribution >= 4 is 16.9 Å². The van der Waals surface area contributed by atoms with E-state index in [0.29, 0.717) is 18.5 Å². The zero-order valence-electron chi connectivity index (χ0n) is 10.2. The van der Waals surface area contributed by atoms with E-state index in [4.69, 9.17) is 4.42 Å². The molecule has 0 spiro atoms. The number of aromatic amines is 1. The number of amides is 1. The van der Waals surface area contributed by atoms with Crippen LogP contribution < -0.4 is 5.32 Å². The molecule has 1 aromatic carbocycles. The molecule has 2 N–H and O–H groups in total. The van der Waals surface area contributed by atoms with Crippen LogP contribution in [0.4, 0.5) is 0 Å². The van der Waals surface area contributed by atoms with Crippen LogP contribution in [0.3, 0.4) is 0 Å². The molecule has 0 fully saturated rings. The van der Waals surface area contributed by atoms with Gasteiger partial charge in [-0.05, 0) is 30.3 Å². The summed E-state index contributed by atoms with van der Waals surface area (Å²) in [6, 6.07) is 9.12. The average molecular weight is 255 g/mol. The van der Waals surface area contributed by atoms with Crippen LogP contribution in [0.5, 0.6) is 0 Å². The predicted octanol–water partition coefficient (Wildman–Crippen LogP) is 2.13. The SMILES string of the molecule is O=C(NCCc1ccco1)c1ccc2nc[nH]c2c1. The van der Waals surface area contributed by atoms with Gasteiger partial charge in [0, 0.05) is 18.5 Å². The Morgan fingerprint density at radius 1 is 1.37 bits per heavy atom. The molecule has 5 nitrogen and oxygen atoms in total. The molecule has 0 bridgehead atoms. The van der Waals surface area contributed by atoms with E-state index < -0.39 is 0 Å². The molecule has 0 aliphatic carbocycles. The highest BCUT2D eigenvalue weighted by atomic mass is 16.3. The molecule has 0 radical (unpaired) electrons. The first kappa shape index (κ1) is 11.5. The Kier molecular flexibility index (Phi) is 3.02. The Morgan fingerprint density at radius 3 is 3.16 bits per heavy atom. The van der Waals surface area contributed by atoms with E-state index in [0.717, 1.165) is 16.8 Å². The van der Waals surface area contributed by atoms with Crippen molar-refractivity contribution in [1.29, 1.82) is 0 Å². The maximum Gasteiger partial charge on any atom is 0.251 e. The van der Waals surface area contributed by atoms with E-state index in [1.165, 1.54) is 0 Å². The van der Waals surface area contributed by atoms with Crippen LogP contribution in [-0.2, 0) is 6.42 Å². The largest absolute Gasteiger partial charge is 0.469 e. The highest BCUT2D eigenvalue weighted by molar-refractivity contribution is 5.97. The summed E-state index contributed by atoms with van der Waals surface area (Å²) in [7, 11) is 0. The van der Waals surface area contributed by atoms with Gasteiger partial charge in [-0.2, -0.15) is 0 Å². The number of fused-ring (bicyclic) bond motifs is 1. The Labute approximate surface area is 109 Å². The minimum absolute atomic E-state index is 0.0944. The molecule has 96 valence electrons. The minimum atomic E-state index is -0.0944. The maximum atomic E-state index is 12.0. The number of furan rings is 1. The fourth-order valence-electron chi connectivity index (χ4n) is 1.93. The molecule has 0 aliphatic heterocycles. The smallest absolute Gasteiger partial charge is 0.251 e. The van der Waals surface area contributed by atoms with E-state index in [1.807, 2.05) is 18.2 Å². The Bertz CT molecular complexity index is 686. The van der Waals surface area contributed by atoms with E-state index in [2.05, 4.69) is 15.3 Å². The topological polar surface area (TPSA) is 70.9 Å². The lowest BCUT2D eigenvalue weighted by Gasteiger charge is -2.04. The van der Waals surface area contributed by atoms with Gasteiger partial charge in [0.2, 0.25) is 0 Å². The minimum Gasteiger partial charge on any atom is -0.469 e. The molecule has 2 aromatic heterocycles. The number of H-pyrrole nitrogens is 1. The van der Waals surface area contributed by atoms with Gasteiger partial charge in [0.15, 0.2) is 0 Å². The summed E-state index contributed by atoms with van der Waals surface area (Å²) in [6.07, 6.45) is 3.93. The van der Waals surface area contributed by atoms with Crippen molar-refractivity contribution in [2.24, 2.45) is 0 Å². The normalized spacial score (nSPS) is 10.7. The lowest BCUT2D eigenvalue weighted by atomic mass is 10.2. The van der Waals surface area contributed by atoms with Crippen molar-refractivity contribution in [1.82, 2.24) is 15.3 Å². The predicted molar refractivity (Wildman–Crippen MR) is 70.8 cm³/mol. The molecular weight excluding hydrogens is 242 g/mol. The average Bonchev–Trinajstić information content (AvgIpc) is 3.08. The summed E-state index contributed by atoms with van der Waals surface area (Å²) in [4.78, 5) is 19.1. The summed E-state index contributed by atoms with van der Waals surface area (Å²) >= 11 is 0. The van der Waals surface area contributed by atoms with Gasteiger partial charge in [-0.3, -0.25) is 4.79 Å². The Balaban J connectivity index is 1.63. The molecule has 3 rings (SSSR count). The van der Waals surface area contributed by atoms with Gasteiger partial charge in [0.25, 0.3) is 5.91 Å². The monoisotopic (exact) mass is 255 g/mol. The lowest BCUT2D eigenvalue weighted by Crippen LogP contribution is -2.25. The van der Waals surface area contributed by atoms with Gasteiger partial charge in [-0.15, -0.1) is 0 Å². The quantitative estimate of drug-likeness (QED) is 0.750. The number of imidazole rings is 1. The van der Waals surface area contributed by atoms with Crippen molar-refractivity contribution in [2.75, 3.05) is 6.54 Å². The zero-order valence-corrected chi connectivity index (χ0v) is 10.2. The van der Waals surface area contributed by atoms with Crippen molar-refractivity contribution in [2.45, 2.75) is 6.42 Å². The molecule has 19 heavy (non-hydrogen) atoms. The maximum absolute atomic E-state index is 12.0. The van der Waals surface area contributed by atoms with Crippen LogP contribution >= 0.6 is 0 Å². The molecule has 0 atom stereocenters. The Morgan fingerprint density at radius 2 is 2.32 bits per heavy atom. The van der Waals surface area contributed by atoms with Crippen molar-refractivity contribution in [3.63, 3.8) is 0 Å². The highest BCUT2D eigenvalue weighted by Gasteiger charge is 2.07. The first-order valence-electron chi connectivity index (χ1n) is 6.06. The fraction of sp³-hybridized carbons (Fsp3) is 0.143. The number of nitrogens with zero attached hydrogens (tertiary/aromatic N) is 1.